The van der Waals surface area contributed by atoms with Crippen LogP contribution in [0.4, 0.5) is 5.69 Å². The second-order valence-electron chi connectivity index (χ2n) is 4.48. The third kappa shape index (κ3) is 3.72. The molecule has 0 spiro atoms. The number of anilines is 1. The van der Waals surface area contributed by atoms with Gasteiger partial charge in [-0.25, -0.2) is 0 Å². The van der Waals surface area contributed by atoms with E-state index in [-0.39, 0.29) is 12.6 Å². The Hall–Kier alpha value is -1.51. The fraction of sp³-hybridized carbons (Fsp3) is 0.250. The molecule has 0 radical (unpaired) electrons. The number of aryl methyl sites for hydroxylation is 1. The fourth-order valence-electron chi connectivity index (χ4n) is 1.97. The van der Waals surface area contributed by atoms with Crippen LogP contribution in [0, 0.1) is 0 Å². The molecule has 0 aliphatic heterocycles. The van der Waals surface area contributed by atoms with Gasteiger partial charge in [0.25, 0.3) is 0 Å². The van der Waals surface area contributed by atoms with Crippen LogP contribution in [0.2, 0.25) is 5.02 Å². The first-order chi connectivity index (χ1) is 9.22. The highest BCUT2D eigenvalue weighted by Crippen LogP contribution is 2.21. The summed E-state index contributed by atoms with van der Waals surface area (Å²) in [7, 11) is 0. The van der Waals surface area contributed by atoms with Crippen LogP contribution >= 0.6 is 11.6 Å². The van der Waals surface area contributed by atoms with Crippen molar-refractivity contribution in [3.05, 3.63) is 64.7 Å². The molecule has 0 heterocycles. The van der Waals surface area contributed by atoms with E-state index in [9.17, 15) is 5.11 Å². The third-order valence-corrected chi connectivity index (χ3v) is 3.41. The van der Waals surface area contributed by atoms with Crippen molar-refractivity contribution in [3.63, 3.8) is 0 Å². The Balaban J connectivity index is 2.12. The van der Waals surface area contributed by atoms with Gasteiger partial charge in [0.1, 0.15) is 0 Å². The van der Waals surface area contributed by atoms with Gasteiger partial charge in [-0.1, -0.05) is 42.8 Å². The van der Waals surface area contributed by atoms with Gasteiger partial charge in [-0.05, 0) is 41.8 Å². The van der Waals surface area contributed by atoms with Crippen molar-refractivity contribution in [3.8, 4) is 0 Å². The summed E-state index contributed by atoms with van der Waals surface area (Å²) in [5.41, 5.74) is 3.32. The third-order valence-electron chi connectivity index (χ3n) is 3.16. The van der Waals surface area contributed by atoms with Crippen molar-refractivity contribution in [2.75, 3.05) is 11.9 Å². The highest BCUT2D eigenvalue weighted by molar-refractivity contribution is 6.30. The van der Waals surface area contributed by atoms with Gasteiger partial charge in [-0.2, -0.15) is 0 Å². The van der Waals surface area contributed by atoms with Gasteiger partial charge in [-0.15, -0.1) is 0 Å². The maximum Gasteiger partial charge on any atom is 0.0745 e. The van der Waals surface area contributed by atoms with Gasteiger partial charge in [0.05, 0.1) is 12.6 Å². The summed E-state index contributed by atoms with van der Waals surface area (Å²) in [5.74, 6) is 0. The Morgan fingerprint density at radius 2 is 1.68 bits per heavy atom. The van der Waals surface area contributed by atoms with E-state index in [4.69, 9.17) is 11.6 Å². The molecule has 2 rings (SSSR count). The van der Waals surface area contributed by atoms with E-state index in [0.717, 1.165) is 17.7 Å². The highest BCUT2D eigenvalue weighted by atomic mass is 35.5. The second kappa shape index (κ2) is 6.60. The van der Waals surface area contributed by atoms with E-state index >= 15 is 0 Å². The van der Waals surface area contributed by atoms with Gasteiger partial charge >= 0.3 is 0 Å². The standard InChI is InChI=1S/C16H18ClNO/c1-2-12-3-5-13(6-4-12)16(11-19)18-15-9-7-14(17)8-10-15/h3-10,16,18-19H,2,11H2,1H3. The van der Waals surface area contributed by atoms with Crippen LogP contribution in [0.3, 0.4) is 0 Å². The number of aliphatic hydroxyl groups excluding tert-OH is 1. The van der Waals surface area contributed by atoms with Gasteiger partial charge in [0.2, 0.25) is 0 Å². The summed E-state index contributed by atoms with van der Waals surface area (Å²) in [6.45, 7) is 2.18. The molecule has 0 amide bonds. The summed E-state index contributed by atoms with van der Waals surface area (Å²) in [5, 5.41) is 13.5. The number of benzene rings is 2. The van der Waals surface area contributed by atoms with E-state index < -0.39 is 0 Å². The molecule has 2 aromatic carbocycles. The Kier molecular flexibility index (Phi) is 4.83. The summed E-state index contributed by atoms with van der Waals surface area (Å²) < 4.78 is 0. The summed E-state index contributed by atoms with van der Waals surface area (Å²) in [4.78, 5) is 0. The molecule has 1 unspecified atom stereocenters. The average Bonchev–Trinajstić information content (AvgIpc) is 2.47. The lowest BCUT2D eigenvalue weighted by Crippen LogP contribution is -2.14. The Morgan fingerprint density at radius 1 is 1.05 bits per heavy atom. The van der Waals surface area contributed by atoms with Crippen LogP contribution in [-0.4, -0.2) is 11.7 Å². The molecule has 0 aromatic heterocycles. The first-order valence-electron chi connectivity index (χ1n) is 6.44. The molecule has 0 aliphatic carbocycles. The summed E-state index contributed by atoms with van der Waals surface area (Å²) in [6, 6.07) is 15.7. The van der Waals surface area contributed by atoms with Crippen LogP contribution in [0.1, 0.15) is 24.1 Å². The molecular weight excluding hydrogens is 258 g/mol. The largest absolute Gasteiger partial charge is 0.394 e. The Bertz CT molecular complexity index is 507. The molecule has 2 N–H and O–H groups in total. The Morgan fingerprint density at radius 3 is 2.21 bits per heavy atom. The van der Waals surface area contributed by atoms with Crippen molar-refractivity contribution in [2.45, 2.75) is 19.4 Å². The van der Waals surface area contributed by atoms with E-state index in [1.807, 2.05) is 24.3 Å². The number of halogens is 1. The molecule has 19 heavy (non-hydrogen) atoms. The summed E-state index contributed by atoms with van der Waals surface area (Å²) >= 11 is 5.86. The second-order valence-corrected chi connectivity index (χ2v) is 4.92. The van der Waals surface area contributed by atoms with Crippen molar-refractivity contribution in [1.29, 1.82) is 0 Å². The SMILES string of the molecule is CCc1ccc(C(CO)Nc2ccc(Cl)cc2)cc1. The van der Waals surface area contributed by atoms with E-state index in [1.165, 1.54) is 5.56 Å². The fourth-order valence-corrected chi connectivity index (χ4v) is 2.09. The molecule has 0 aliphatic rings. The van der Waals surface area contributed by atoms with Gasteiger partial charge < -0.3 is 10.4 Å². The summed E-state index contributed by atoms with van der Waals surface area (Å²) in [6.07, 6.45) is 1.02. The molecule has 0 saturated carbocycles. The normalized spacial score (nSPS) is 12.2. The molecule has 3 heteroatoms. The van der Waals surface area contributed by atoms with Crippen LogP contribution in [0.5, 0.6) is 0 Å². The van der Waals surface area contributed by atoms with Crippen molar-refractivity contribution >= 4 is 17.3 Å². The minimum atomic E-state index is -0.105. The molecule has 0 saturated heterocycles. The van der Waals surface area contributed by atoms with Gasteiger partial charge in [0, 0.05) is 10.7 Å². The Labute approximate surface area is 119 Å². The predicted molar refractivity (Wildman–Crippen MR) is 80.7 cm³/mol. The lowest BCUT2D eigenvalue weighted by atomic mass is 10.0. The molecule has 2 aromatic rings. The molecule has 1 atom stereocenters. The first-order valence-corrected chi connectivity index (χ1v) is 6.82. The molecule has 100 valence electrons. The lowest BCUT2D eigenvalue weighted by molar-refractivity contribution is 0.276. The number of rotatable bonds is 5. The highest BCUT2D eigenvalue weighted by Gasteiger charge is 2.09. The molecular formula is C16H18ClNO. The molecule has 0 fully saturated rings. The number of aliphatic hydroxyl groups is 1. The molecule has 0 bridgehead atoms. The van der Waals surface area contributed by atoms with E-state index in [0.29, 0.717) is 5.02 Å². The van der Waals surface area contributed by atoms with Crippen LogP contribution in [0.25, 0.3) is 0 Å². The quantitative estimate of drug-likeness (QED) is 0.863. The predicted octanol–water partition coefficient (Wildman–Crippen LogP) is 4.05. The minimum Gasteiger partial charge on any atom is -0.394 e. The smallest absolute Gasteiger partial charge is 0.0745 e. The van der Waals surface area contributed by atoms with Crippen LogP contribution in [-0.2, 0) is 6.42 Å². The first kappa shape index (κ1) is 13.9. The zero-order valence-electron chi connectivity index (χ0n) is 10.9. The van der Waals surface area contributed by atoms with E-state index in [2.05, 4.69) is 36.5 Å². The van der Waals surface area contributed by atoms with Crippen LogP contribution in [0.15, 0.2) is 48.5 Å². The topological polar surface area (TPSA) is 32.3 Å². The van der Waals surface area contributed by atoms with Gasteiger partial charge in [-0.3, -0.25) is 0 Å². The van der Waals surface area contributed by atoms with E-state index in [1.54, 1.807) is 0 Å². The minimum absolute atomic E-state index is 0.0497. The molecule has 2 nitrogen and oxygen atoms in total. The van der Waals surface area contributed by atoms with Crippen molar-refractivity contribution in [1.82, 2.24) is 0 Å². The maximum absolute atomic E-state index is 9.53. The van der Waals surface area contributed by atoms with Crippen molar-refractivity contribution < 1.29 is 5.11 Å². The van der Waals surface area contributed by atoms with Crippen molar-refractivity contribution in [2.24, 2.45) is 0 Å². The van der Waals surface area contributed by atoms with Crippen LogP contribution < -0.4 is 5.32 Å². The number of nitrogens with one attached hydrogen (secondary N) is 1. The number of hydrogen-bond acceptors (Lipinski definition) is 2. The monoisotopic (exact) mass is 275 g/mol. The average molecular weight is 276 g/mol. The maximum atomic E-state index is 9.53. The van der Waals surface area contributed by atoms with Gasteiger partial charge in [0.15, 0.2) is 0 Å². The zero-order chi connectivity index (χ0) is 13.7. The zero-order valence-corrected chi connectivity index (χ0v) is 11.7. The lowest BCUT2D eigenvalue weighted by Gasteiger charge is -2.18. The number of hydrogen-bond donors (Lipinski definition) is 2.